The van der Waals surface area contributed by atoms with Crippen molar-refractivity contribution in [1.29, 1.82) is 0 Å². The van der Waals surface area contributed by atoms with Crippen LogP contribution in [0.5, 0.6) is 0 Å². The lowest BCUT2D eigenvalue weighted by molar-refractivity contribution is 0.0697. The fraction of sp³-hybridized carbons (Fsp3) is 0.286. The van der Waals surface area contributed by atoms with Crippen molar-refractivity contribution < 1.29 is 14.4 Å². The standard InChI is InChI=1S/C14H13ClN4O3/c1-6-10(8(3)22-18-6)5-19-13-11(7(2)17-19)12(15)9(4-16-13)14(20)21/h4H,5H2,1-3H3,(H,20,21). The summed E-state index contributed by atoms with van der Waals surface area (Å²) in [5, 5.41) is 18.2. The zero-order valence-corrected chi connectivity index (χ0v) is 13.0. The first kappa shape index (κ1) is 14.5. The van der Waals surface area contributed by atoms with Crippen LogP contribution in [0.4, 0.5) is 0 Å². The van der Waals surface area contributed by atoms with E-state index in [2.05, 4.69) is 15.2 Å². The molecule has 0 unspecified atom stereocenters. The Balaban J connectivity index is 2.17. The van der Waals surface area contributed by atoms with E-state index in [1.165, 1.54) is 6.20 Å². The number of hydrogen-bond donors (Lipinski definition) is 1. The van der Waals surface area contributed by atoms with Gasteiger partial charge in [-0.3, -0.25) is 0 Å². The second-order valence-corrected chi connectivity index (χ2v) is 5.41. The fourth-order valence-corrected chi connectivity index (χ4v) is 2.76. The van der Waals surface area contributed by atoms with Gasteiger partial charge in [-0.05, 0) is 20.8 Å². The summed E-state index contributed by atoms with van der Waals surface area (Å²) in [6, 6.07) is 0. The summed E-state index contributed by atoms with van der Waals surface area (Å²) in [6.07, 6.45) is 1.25. The number of nitrogens with zero attached hydrogens (tertiary/aromatic N) is 4. The molecule has 3 rings (SSSR count). The smallest absolute Gasteiger partial charge is 0.338 e. The van der Waals surface area contributed by atoms with Gasteiger partial charge in [0.25, 0.3) is 0 Å². The first-order valence-electron chi connectivity index (χ1n) is 6.56. The highest BCUT2D eigenvalue weighted by Gasteiger charge is 2.20. The quantitative estimate of drug-likeness (QED) is 0.797. The summed E-state index contributed by atoms with van der Waals surface area (Å²) in [5.74, 6) is -0.399. The van der Waals surface area contributed by atoms with Crippen LogP contribution < -0.4 is 0 Å². The minimum absolute atomic E-state index is 0.0332. The molecule has 0 bridgehead atoms. The highest BCUT2D eigenvalue weighted by atomic mass is 35.5. The highest BCUT2D eigenvalue weighted by Crippen LogP contribution is 2.29. The number of carboxylic acids is 1. The topological polar surface area (TPSA) is 94.0 Å². The largest absolute Gasteiger partial charge is 0.478 e. The number of halogens is 1. The van der Waals surface area contributed by atoms with E-state index in [1.807, 2.05) is 13.8 Å². The molecule has 0 fully saturated rings. The van der Waals surface area contributed by atoms with Gasteiger partial charge in [0.05, 0.1) is 33.9 Å². The van der Waals surface area contributed by atoms with E-state index < -0.39 is 5.97 Å². The van der Waals surface area contributed by atoms with E-state index >= 15 is 0 Å². The molecule has 3 heterocycles. The molecule has 0 spiro atoms. The molecule has 0 aliphatic carbocycles. The fourth-order valence-electron chi connectivity index (χ4n) is 2.41. The van der Waals surface area contributed by atoms with E-state index in [0.717, 1.165) is 11.3 Å². The molecule has 114 valence electrons. The number of rotatable bonds is 3. The molecule has 0 saturated heterocycles. The van der Waals surface area contributed by atoms with Gasteiger partial charge >= 0.3 is 5.97 Å². The molecule has 0 aliphatic rings. The number of aromatic carboxylic acids is 1. The van der Waals surface area contributed by atoms with E-state index in [0.29, 0.717) is 29.0 Å². The highest BCUT2D eigenvalue weighted by molar-refractivity contribution is 6.38. The van der Waals surface area contributed by atoms with Crippen molar-refractivity contribution in [2.24, 2.45) is 0 Å². The van der Waals surface area contributed by atoms with Gasteiger partial charge in [0.15, 0.2) is 5.65 Å². The SMILES string of the molecule is Cc1noc(C)c1Cn1nc(C)c2c(Cl)c(C(=O)O)cnc21. The van der Waals surface area contributed by atoms with Crippen LogP contribution in [0.2, 0.25) is 5.02 Å². The number of pyridine rings is 1. The van der Waals surface area contributed by atoms with Gasteiger partial charge in [0.1, 0.15) is 5.76 Å². The van der Waals surface area contributed by atoms with Crippen LogP contribution >= 0.6 is 11.6 Å². The molecular weight excluding hydrogens is 308 g/mol. The summed E-state index contributed by atoms with van der Waals surface area (Å²) >= 11 is 6.19. The Labute approximate surface area is 130 Å². The Morgan fingerprint density at radius 3 is 2.68 bits per heavy atom. The lowest BCUT2D eigenvalue weighted by Crippen LogP contribution is -2.05. The third-order valence-corrected chi connectivity index (χ3v) is 3.98. The second kappa shape index (κ2) is 5.10. The molecule has 3 aromatic heterocycles. The Bertz CT molecular complexity index is 878. The monoisotopic (exact) mass is 320 g/mol. The average molecular weight is 321 g/mol. The van der Waals surface area contributed by atoms with E-state index in [4.69, 9.17) is 21.2 Å². The first-order valence-corrected chi connectivity index (χ1v) is 6.94. The number of fused-ring (bicyclic) bond motifs is 1. The van der Waals surface area contributed by atoms with Crippen LogP contribution in [-0.4, -0.2) is 31.0 Å². The summed E-state index contributed by atoms with van der Waals surface area (Å²) < 4.78 is 6.82. The Hall–Kier alpha value is -2.41. The maximum Gasteiger partial charge on any atom is 0.338 e. The summed E-state index contributed by atoms with van der Waals surface area (Å²) in [6.45, 7) is 5.89. The molecule has 0 saturated carbocycles. The molecule has 3 aromatic rings. The summed E-state index contributed by atoms with van der Waals surface area (Å²) in [7, 11) is 0. The normalized spacial score (nSPS) is 11.3. The average Bonchev–Trinajstić information content (AvgIpc) is 2.94. The molecular formula is C14H13ClN4O3. The zero-order chi connectivity index (χ0) is 16.0. The van der Waals surface area contributed by atoms with Gasteiger partial charge in [-0.2, -0.15) is 5.10 Å². The Kier molecular flexibility index (Phi) is 3.37. The van der Waals surface area contributed by atoms with E-state index in [1.54, 1.807) is 11.6 Å². The van der Waals surface area contributed by atoms with Crippen LogP contribution in [0, 0.1) is 20.8 Å². The second-order valence-electron chi connectivity index (χ2n) is 5.04. The van der Waals surface area contributed by atoms with Crippen LogP contribution in [0.15, 0.2) is 10.7 Å². The van der Waals surface area contributed by atoms with E-state index in [-0.39, 0.29) is 10.6 Å². The van der Waals surface area contributed by atoms with Crippen LogP contribution in [0.25, 0.3) is 11.0 Å². The number of aryl methyl sites for hydroxylation is 3. The van der Waals surface area contributed by atoms with E-state index in [9.17, 15) is 4.79 Å². The maximum atomic E-state index is 11.2. The van der Waals surface area contributed by atoms with Gasteiger partial charge in [0, 0.05) is 11.8 Å². The molecule has 0 amide bonds. The number of carboxylic acid groups (broad SMARTS) is 1. The number of aromatic nitrogens is 4. The molecule has 0 radical (unpaired) electrons. The predicted molar refractivity (Wildman–Crippen MR) is 79.3 cm³/mol. The molecule has 8 heteroatoms. The Morgan fingerprint density at radius 1 is 1.36 bits per heavy atom. The van der Waals surface area contributed by atoms with Crippen molar-refractivity contribution in [3.8, 4) is 0 Å². The van der Waals surface area contributed by atoms with Crippen molar-refractivity contribution in [2.75, 3.05) is 0 Å². The lowest BCUT2D eigenvalue weighted by Gasteiger charge is -2.04. The van der Waals surface area contributed by atoms with Gasteiger partial charge in [0.2, 0.25) is 0 Å². The molecule has 0 aromatic carbocycles. The molecule has 0 atom stereocenters. The van der Waals surface area contributed by atoms with Gasteiger partial charge in [-0.25, -0.2) is 14.5 Å². The predicted octanol–water partition coefficient (Wildman–Crippen LogP) is 2.74. The molecule has 1 N–H and O–H groups in total. The van der Waals surface area contributed by atoms with Crippen molar-refractivity contribution in [3.05, 3.63) is 39.5 Å². The maximum absolute atomic E-state index is 11.2. The van der Waals surface area contributed by atoms with Crippen LogP contribution in [0.3, 0.4) is 0 Å². The lowest BCUT2D eigenvalue weighted by atomic mass is 10.2. The van der Waals surface area contributed by atoms with Gasteiger partial charge in [-0.1, -0.05) is 16.8 Å². The van der Waals surface area contributed by atoms with Crippen molar-refractivity contribution in [1.82, 2.24) is 19.9 Å². The minimum Gasteiger partial charge on any atom is -0.478 e. The van der Waals surface area contributed by atoms with Crippen LogP contribution in [0.1, 0.15) is 33.1 Å². The number of carbonyl (C=O) groups is 1. The van der Waals surface area contributed by atoms with Crippen LogP contribution in [-0.2, 0) is 6.54 Å². The summed E-state index contributed by atoms with van der Waals surface area (Å²) in [4.78, 5) is 15.4. The Morgan fingerprint density at radius 2 is 2.09 bits per heavy atom. The van der Waals surface area contributed by atoms with Crippen molar-refractivity contribution in [3.63, 3.8) is 0 Å². The summed E-state index contributed by atoms with van der Waals surface area (Å²) in [5.41, 5.74) is 2.83. The zero-order valence-electron chi connectivity index (χ0n) is 12.2. The third kappa shape index (κ3) is 2.14. The third-order valence-electron chi connectivity index (χ3n) is 3.59. The van der Waals surface area contributed by atoms with Crippen molar-refractivity contribution >= 4 is 28.6 Å². The first-order chi connectivity index (χ1) is 10.4. The van der Waals surface area contributed by atoms with Gasteiger partial charge < -0.3 is 9.63 Å². The van der Waals surface area contributed by atoms with Gasteiger partial charge in [-0.15, -0.1) is 0 Å². The minimum atomic E-state index is -1.11. The molecule has 0 aliphatic heterocycles. The molecule has 7 nitrogen and oxygen atoms in total. The molecule has 22 heavy (non-hydrogen) atoms. The van der Waals surface area contributed by atoms with Crippen molar-refractivity contribution in [2.45, 2.75) is 27.3 Å². The number of hydrogen-bond acceptors (Lipinski definition) is 5.